The van der Waals surface area contributed by atoms with Crippen molar-refractivity contribution in [3.05, 3.63) is 34.2 Å². The summed E-state index contributed by atoms with van der Waals surface area (Å²) in [6.45, 7) is 0.759. The van der Waals surface area contributed by atoms with Crippen molar-refractivity contribution in [2.45, 2.75) is 12.8 Å². The molecule has 0 saturated carbocycles. The summed E-state index contributed by atoms with van der Waals surface area (Å²) in [7, 11) is 0. The van der Waals surface area contributed by atoms with Crippen LogP contribution in [-0.4, -0.2) is 17.3 Å². The Morgan fingerprint density at radius 3 is 2.77 bits per heavy atom. The molecule has 1 rings (SSSR count). The van der Waals surface area contributed by atoms with Crippen molar-refractivity contribution in [3.8, 4) is 0 Å². The van der Waals surface area contributed by atoms with E-state index in [1.54, 1.807) is 6.07 Å². The van der Waals surface area contributed by atoms with Crippen LogP contribution in [0.15, 0.2) is 23.1 Å². The van der Waals surface area contributed by atoms with Crippen LogP contribution in [0, 0.1) is 0 Å². The van der Waals surface area contributed by atoms with Crippen LogP contribution >= 0.6 is 0 Å². The van der Waals surface area contributed by atoms with E-state index < -0.39 is 0 Å². The Morgan fingerprint density at radius 2 is 2.23 bits per heavy atom. The van der Waals surface area contributed by atoms with Crippen molar-refractivity contribution in [2.24, 2.45) is 0 Å². The molecule has 1 heterocycles. The Labute approximate surface area is 75.8 Å². The number of aromatic nitrogens is 1. The standard InChI is InChI=1S/C9H12N2O2/c10-5-1-2-8(12)7-3-4-9(13)11-6-7/h3-4,6H,1-2,5,10H2,(H,11,13)/p+1. The SMILES string of the molecule is [NH3+]CCCC(=O)c1ccc(=O)[nH]c1. The average molecular weight is 181 g/mol. The first-order valence-corrected chi connectivity index (χ1v) is 4.25. The molecule has 0 unspecified atom stereocenters. The lowest BCUT2D eigenvalue weighted by atomic mass is 10.1. The second kappa shape index (κ2) is 4.57. The van der Waals surface area contributed by atoms with Crippen molar-refractivity contribution in [2.75, 3.05) is 6.54 Å². The molecular weight excluding hydrogens is 168 g/mol. The highest BCUT2D eigenvalue weighted by Gasteiger charge is 2.04. The Morgan fingerprint density at radius 1 is 1.46 bits per heavy atom. The van der Waals surface area contributed by atoms with Gasteiger partial charge in [-0.05, 0) is 6.07 Å². The summed E-state index contributed by atoms with van der Waals surface area (Å²) < 4.78 is 0. The Bertz CT molecular complexity index is 323. The second-order valence-electron chi connectivity index (χ2n) is 2.82. The number of rotatable bonds is 4. The van der Waals surface area contributed by atoms with Crippen molar-refractivity contribution in [3.63, 3.8) is 0 Å². The third kappa shape index (κ3) is 2.83. The van der Waals surface area contributed by atoms with Gasteiger partial charge >= 0.3 is 0 Å². The lowest BCUT2D eigenvalue weighted by Crippen LogP contribution is -2.50. The topological polar surface area (TPSA) is 77.6 Å². The maximum atomic E-state index is 11.4. The predicted molar refractivity (Wildman–Crippen MR) is 48.4 cm³/mol. The van der Waals surface area contributed by atoms with Gasteiger partial charge in [0, 0.05) is 30.7 Å². The summed E-state index contributed by atoms with van der Waals surface area (Å²) in [4.78, 5) is 24.5. The molecule has 70 valence electrons. The summed E-state index contributed by atoms with van der Waals surface area (Å²) >= 11 is 0. The molecule has 0 fully saturated rings. The monoisotopic (exact) mass is 181 g/mol. The van der Waals surface area contributed by atoms with E-state index in [9.17, 15) is 9.59 Å². The summed E-state index contributed by atoms with van der Waals surface area (Å²) in [6, 6.07) is 2.90. The lowest BCUT2D eigenvalue weighted by Gasteiger charge is -1.97. The van der Waals surface area contributed by atoms with Crippen LogP contribution in [0.5, 0.6) is 0 Å². The molecule has 0 aliphatic carbocycles. The molecule has 1 aromatic rings. The Balaban J connectivity index is 2.66. The van der Waals surface area contributed by atoms with Gasteiger partial charge in [-0.2, -0.15) is 0 Å². The van der Waals surface area contributed by atoms with E-state index in [1.165, 1.54) is 12.3 Å². The quantitative estimate of drug-likeness (QED) is 0.619. The molecule has 0 aromatic carbocycles. The van der Waals surface area contributed by atoms with Gasteiger partial charge in [0.1, 0.15) is 0 Å². The van der Waals surface area contributed by atoms with Crippen molar-refractivity contribution in [1.29, 1.82) is 0 Å². The molecule has 0 saturated heterocycles. The van der Waals surface area contributed by atoms with E-state index in [1.807, 2.05) is 0 Å². The lowest BCUT2D eigenvalue weighted by molar-refractivity contribution is -0.368. The molecule has 0 amide bonds. The first-order valence-electron chi connectivity index (χ1n) is 4.25. The van der Waals surface area contributed by atoms with Crippen LogP contribution in [0.1, 0.15) is 23.2 Å². The number of aromatic amines is 1. The van der Waals surface area contributed by atoms with Gasteiger partial charge in [0.05, 0.1) is 6.54 Å². The molecule has 0 aliphatic rings. The minimum absolute atomic E-state index is 0.0555. The normalized spacial score (nSPS) is 9.92. The maximum Gasteiger partial charge on any atom is 0.247 e. The first-order chi connectivity index (χ1) is 6.24. The van der Waals surface area contributed by atoms with Crippen LogP contribution < -0.4 is 11.3 Å². The minimum atomic E-state index is -0.186. The van der Waals surface area contributed by atoms with Gasteiger partial charge in [0.15, 0.2) is 5.78 Å². The van der Waals surface area contributed by atoms with Gasteiger partial charge in [-0.3, -0.25) is 9.59 Å². The third-order valence-electron chi connectivity index (χ3n) is 1.76. The van der Waals surface area contributed by atoms with E-state index in [2.05, 4.69) is 10.7 Å². The average Bonchev–Trinajstić information content (AvgIpc) is 2.15. The van der Waals surface area contributed by atoms with Crippen LogP contribution in [0.4, 0.5) is 0 Å². The molecule has 0 aliphatic heterocycles. The number of Topliss-reactive ketones (excluding diaryl/α,β-unsaturated/α-hetero) is 1. The van der Waals surface area contributed by atoms with Gasteiger partial charge in [-0.1, -0.05) is 0 Å². The van der Waals surface area contributed by atoms with Crippen LogP contribution in [0.25, 0.3) is 0 Å². The molecule has 0 atom stereocenters. The van der Waals surface area contributed by atoms with Gasteiger partial charge in [0.2, 0.25) is 5.56 Å². The second-order valence-corrected chi connectivity index (χ2v) is 2.82. The number of pyridine rings is 1. The number of ketones is 1. The number of carbonyl (C=O) groups is 1. The highest BCUT2D eigenvalue weighted by atomic mass is 16.1. The van der Waals surface area contributed by atoms with Gasteiger partial charge in [-0.15, -0.1) is 0 Å². The highest BCUT2D eigenvalue weighted by molar-refractivity contribution is 5.95. The number of hydrogen-bond acceptors (Lipinski definition) is 2. The largest absolute Gasteiger partial charge is 0.358 e. The van der Waals surface area contributed by atoms with Crippen LogP contribution in [0.2, 0.25) is 0 Å². The summed E-state index contributed by atoms with van der Waals surface area (Å²) in [5.41, 5.74) is 4.03. The molecule has 4 heteroatoms. The van der Waals surface area contributed by atoms with E-state index in [0.717, 1.165) is 13.0 Å². The summed E-state index contributed by atoms with van der Waals surface area (Å²) in [5, 5.41) is 0. The summed E-state index contributed by atoms with van der Waals surface area (Å²) in [5.74, 6) is 0.0555. The van der Waals surface area contributed by atoms with E-state index >= 15 is 0 Å². The zero-order chi connectivity index (χ0) is 9.68. The Hall–Kier alpha value is -1.42. The van der Waals surface area contributed by atoms with E-state index in [-0.39, 0.29) is 11.3 Å². The van der Waals surface area contributed by atoms with Crippen molar-refractivity contribution < 1.29 is 10.5 Å². The molecular formula is C9H13N2O2+. The zero-order valence-electron chi connectivity index (χ0n) is 7.38. The fourth-order valence-corrected chi connectivity index (χ4v) is 1.01. The third-order valence-corrected chi connectivity index (χ3v) is 1.76. The molecule has 0 bridgehead atoms. The summed E-state index contributed by atoms with van der Waals surface area (Å²) in [6.07, 6.45) is 2.74. The van der Waals surface area contributed by atoms with Crippen LogP contribution in [0.3, 0.4) is 0 Å². The number of H-pyrrole nitrogens is 1. The van der Waals surface area contributed by atoms with E-state index in [4.69, 9.17) is 0 Å². The number of nitrogens with one attached hydrogen (secondary N) is 1. The Kier molecular flexibility index (Phi) is 3.40. The maximum absolute atomic E-state index is 11.4. The van der Waals surface area contributed by atoms with Crippen molar-refractivity contribution >= 4 is 5.78 Å². The van der Waals surface area contributed by atoms with Gasteiger partial charge < -0.3 is 10.7 Å². The molecule has 0 radical (unpaired) electrons. The first kappa shape index (κ1) is 9.67. The van der Waals surface area contributed by atoms with E-state index in [0.29, 0.717) is 12.0 Å². The number of carbonyl (C=O) groups excluding carboxylic acids is 1. The van der Waals surface area contributed by atoms with Gasteiger partial charge in [-0.25, -0.2) is 0 Å². The smallest absolute Gasteiger partial charge is 0.247 e. The molecule has 13 heavy (non-hydrogen) atoms. The van der Waals surface area contributed by atoms with Crippen LogP contribution in [-0.2, 0) is 0 Å². The number of quaternary nitrogens is 1. The minimum Gasteiger partial charge on any atom is -0.358 e. The fourth-order valence-electron chi connectivity index (χ4n) is 1.01. The van der Waals surface area contributed by atoms with Gasteiger partial charge in [0.25, 0.3) is 0 Å². The highest BCUT2D eigenvalue weighted by Crippen LogP contribution is 2.00. The molecule has 0 spiro atoms. The zero-order valence-corrected chi connectivity index (χ0v) is 7.38. The number of hydrogen-bond donors (Lipinski definition) is 2. The predicted octanol–water partition coefficient (Wildman–Crippen LogP) is -0.420. The molecule has 1 aromatic heterocycles. The van der Waals surface area contributed by atoms with Crippen molar-refractivity contribution in [1.82, 2.24) is 4.98 Å². The molecule has 4 N–H and O–H groups in total. The fraction of sp³-hybridized carbons (Fsp3) is 0.333. The molecule has 4 nitrogen and oxygen atoms in total.